The standard InChI is InChI=1S/C22H22N4OS/c1-3-18-13-19-21(24-12-10-15-6-8-17(27-2)9-7-15)25-20(26-22(19)28-18)16-5-4-11-23-14-16/h4-9,11,13-14H,3,10,12H2,1-2H3,(H,24,25,26). The number of nitrogens with one attached hydrogen (secondary N) is 1. The van der Waals surface area contributed by atoms with E-state index in [1.54, 1.807) is 30.8 Å². The number of ether oxygens (including phenoxy) is 1. The Hall–Kier alpha value is -2.99. The van der Waals surface area contributed by atoms with Gasteiger partial charge in [0.25, 0.3) is 0 Å². The lowest BCUT2D eigenvalue weighted by Gasteiger charge is -2.09. The molecule has 0 bridgehead atoms. The molecule has 0 spiro atoms. The van der Waals surface area contributed by atoms with Gasteiger partial charge in [-0.15, -0.1) is 11.3 Å². The lowest BCUT2D eigenvalue weighted by molar-refractivity contribution is 0.414. The maximum atomic E-state index is 5.22. The first kappa shape index (κ1) is 18.4. The monoisotopic (exact) mass is 390 g/mol. The molecule has 0 saturated heterocycles. The zero-order valence-corrected chi connectivity index (χ0v) is 16.8. The molecule has 0 saturated carbocycles. The van der Waals surface area contributed by atoms with Gasteiger partial charge in [0.05, 0.1) is 12.5 Å². The summed E-state index contributed by atoms with van der Waals surface area (Å²) in [5.41, 5.74) is 2.18. The van der Waals surface area contributed by atoms with Crippen LogP contribution in [0.4, 0.5) is 5.82 Å². The zero-order valence-electron chi connectivity index (χ0n) is 16.0. The van der Waals surface area contributed by atoms with Crippen LogP contribution >= 0.6 is 11.3 Å². The van der Waals surface area contributed by atoms with Gasteiger partial charge in [-0.1, -0.05) is 19.1 Å². The van der Waals surface area contributed by atoms with Crippen LogP contribution in [-0.4, -0.2) is 28.6 Å². The second-order valence-corrected chi connectivity index (χ2v) is 7.56. The Morgan fingerprint density at radius 2 is 1.96 bits per heavy atom. The first-order valence-electron chi connectivity index (χ1n) is 9.34. The Kier molecular flexibility index (Phi) is 5.48. The van der Waals surface area contributed by atoms with Crippen molar-refractivity contribution in [2.45, 2.75) is 19.8 Å². The van der Waals surface area contributed by atoms with Crippen molar-refractivity contribution in [2.75, 3.05) is 19.0 Å². The van der Waals surface area contributed by atoms with Crippen LogP contribution in [0.25, 0.3) is 21.6 Å². The number of methoxy groups -OCH3 is 1. The molecule has 1 N–H and O–H groups in total. The summed E-state index contributed by atoms with van der Waals surface area (Å²) in [4.78, 5) is 16.1. The third kappa shape index (κ3) is 3.97. The molecular formula is C22H22N4OS. The van der Waals surface area contributed by atoms with Crippen LogP contribution < -0.4 is 10.1 Å². The van der Waals surface area contributed by atoms with Crippen LogP contribution in [0.2, 0.25) is 0 Å². The van der Waals surface area contributed by atoms with Crippen molar-refractivity contribution >= 4 is 27.4 Å². The van der Waals surface area contributed by atoms with E-state index in [0.29, 0.717) is 5.82 Å². The fraction of sp³-hybridized carbons (Fsp3) is 0.227. The zero-order chi connectivity index (χ0) is 19.3. The van der Waals surface area contributed by atoms with Crippen molar-refractivity contribution < 1.29 is 4.74 Å². The highest BCUT2D eigenvalue weighted by Gasteiger charge is 2.12. The van der Waals surface area contributed by atoms with Gasteiger partial charge < -0.3 is 10.1 Å². The highest BCUT2D eigenvalue weighted by atomic mass is 32.1. The largest absolute Gasteiger partial charge is 0.497 e. The SMILES string of the molecule is CCc1cc2c(NCCc3ccc(OC)cc3)nc(-c3cccnc3)nc2s1. The summed E-state index contributed by atoms with van der Waals surface area (Å²) in [5, 5.41) is 4.60. The number of thiophene rings is 1. The van der Waals surface area contributed by atoms with E-state index in [4.69, 9.17) is 14.7 Å². The first-order valence-corrected chi connectivity index (χ1v) is 10.2. The van der Waals surface area contributed by atoms with Crippen molar-refractivity contribution in [3.63, 3.8) is 0 Å². The van der Waals surface area contributed by atoms with Crippen LogP contribution in [0.15, 0.2) is 54.9 Å². The Labute approximate surface area is 168 Å². The Balaban J connectivity index is 1.59. The number of benzene rings is 1. The minimum atomic E-state index is 0.706. The Morgan fingerprint density at radius 3 is 2.68 bits per heavy atom. The molecule has 0 fully saturated rings. The number of anilines is 1. The normalized spacial score (nSPS) is 10.9. The maximum absolute atomic E-state index is 5.22. The highest BCUT2D eigenvalue weighted by Crippen LogP contribution is 2.31. The van der Waals surface area contributed by atoms with E-state index in [2.05, 4.69) is 35.4 Å². The number of nitrogens with zero attached hydrogens (tertiary/aromatic N) is 3. The molecule has 4 rings (SSSR count). The fourth-order valence-electron chi connectivity index (χ4n) is 3.02. The molecule has 0 aliphatic carbocycles. The molecule has 0 radical (unpaired) electrons. The van der Waals surface area contributed by atoms with Crippen LogP contribution in [0.5, 0.6) is 5.75 Å². The number of aryl methyl sites for hydroxylation is 1. The van der Waals surface area contributed by atoms with Crippen molar-refractivity contribution in [3.05, 3.63) is 65.3 Å². The highest BCUT2D eigenvalue weighted by molar-refractivity contribution is 7.18. The lowest BCUT2D eigenvalue weighted by Crippen LogP contribution is -2.07. The second-order valence-electron chi connectivity index (χ2n) is 6.45. The molecule has 0 amide bonds. The molecule has 28 heavy (non-hydrogen) atoms. The van der Waals surface area contributed by atoms with Crippen molar-refractivity contribution in [3.8, 4) is 17.1 Å². The van der Waals surface area contributed by atoms with Gasteiger partial charge in [-0.25, -0.2) is 9.97 Å². The van der Waals surface area contributed by atoms with Gasteiger partial charge in [0.15, 0.2) is 5.82 Å². The molecule has 1 aromatic carbocycles. The molecule has 0 aliphatic rings. The van der Waals surface area contributed by atoms with E-state index in [1.165, 1.54) is 10.4 Å². The summed E-state index contributed by atoms with van der Waals surface area (Å²) in [6.45, 7) is 2.96. The number of hydrogen-bond acceptors (Lipinski definition) is 6. The van der Waals surface area contributed by atoms with E-state index in [1.807, 2.05) is 24.3 Å². The molecule has 6 heteroatoms. The molecule has 0 atom stereocenters. The number of pyridine rings is 1. The van der Waals surface area contributed by atoms with Gasteiger partial charge in [-0.3, -0.25) is 4.98 Å². The molecule has 0 unspecified atom stereocenters. The molecular weight excluding hydrogens is 368 g/mol. The predicted molar refractivity (Wildman–Crippen MR) is 115 cm³/mol. The first-order chi connectivity index (χ1) is 13.8. The Bertz CT molecular complexity index is 1060. The fourth-order valence-corrected chi connectivity index (χ4v) is 3.99. The summed E-state index contributed by atoms with van der Waals surface area (Å²) in [7, 11) is 1.68. The minimum Gasteiger partial charge on any atom is -0.497 e. The van der Waals surface area contributed by atoms with E-state index in [-0.39, 0.29) is 0 Å². The number of rotatable bonds is 7. The summed E-state index contributed by atoms with van der Waals surface area (Å²) in [6, 6.07) is 14.3. The van der Waals surface area contributed by atoms with Gasteiger partial charge in [-0.05, 0) is 48.7 Å². The van der Waals surface area contributed by atoms with Gasteiger partial charge >= 0.3 is 0 Å². The van der Waals surface area contributed by atoms with Crippen molar-refractivity contribution in [1.82, 2.24) is 15.0 Å². The van der Waals surface area contributed by atoms with Crippen LogP contribution in [0, 0.1) is 0 Å². The predicted octanol–water partition coefficient (Wildman–Crippen LogP) is 4.98. The third-order valence-corrected chi connectivity index (χ3v) is 5.75. The molecule has 5 nitrogen and oxygen atoms in total. The maximum Gasteiger partial charge on any atom is 0.164 e. The van der Waals surface area contributed by atoms with E-state index in [0.717, 1.165) is 46.7 Å². The average Bonchev–Trinajstić information content (AvgIpc) is 3.18. The summed E-state index contributed by atoms with van der Waals surface area (Å²) >= 11 is 1.73. The van der Waals surface area contributed by atoms with Gasteiger partial charge in [0, 0.05) is 29.4 Å². The van der Waals surface area contributed by atoms with Crippen LogP contribution in [0.1, 0.15) is 17.4 Å². The number of fused-ring (bicyclic) bond motifs is 1. The van der Waals surface area contributed by atoms with Crippen LogP contribution in [0.3, 0.4) is 0 Å². The Morgan fingerprint density at radius 1 is 1.11 bits per heavy atom. The lowest BCUT2D eigenvalue weighted by atomic mass is 10.1. The molecule has 4 aromatic rings. The number of hydrogen-bond donors (Lipinski definition) is 1. The summed E-state index contributed by atoms with van der Waals surface area (Å²) in [6.07, 6.45) is 5.46. The topological polar surface area (TPSA) is 59.9 Å². The summed E-state index contributed by atoms with van der Waals surface area (Å²) in [5.74, 6) is 2.46. The quantitative estimate of drug-likeness (QED) is 0.482. The van der Waals surface area contributed by atoms with E-state index >= 15 is 0 Å². The average molecular weight is 391 g/mol. The minimum absolute atomic E-state index is 0.706. The molecule has 3 aromatic heterocycles. The van der Waals surface area contributed by atoms with Gasteiger partial charge in [0.2, 0.25) is 0 Å². The van der Waals surface area contributed by atoms with Crippen molar-refractivity contribution in [2.24, 2.45) is 0 Å². The second kappa shape index (κ2) is 8.35. The third-order valence-electron chi connectivity index (χ3n) is 4.58. The molecule has 0 aliphatic heterocycles. The summed E-state index contributed by atoms with van der Waals surface area (Å²) < 4.78 is 5.22. The van der Waals surface area contributed by atoms with Crippen molar-refractivity contribution in [1.29, 1.82) is 0 Å². The van der Waals surface area contributed by atoms with E-state index in [9.17, 15) is 0 Å². The number of aromatic nitrogens is 3. The van der Waals surface area contributed by atoms with Crippen LogP contribution in [-0.2, 0) is 12.8 Å². The smallest absolute Gasteiger partial charge is 0.164 e. The van der Waals surface area contributed by atoms with Gasteiger partial charge in [0.1, 0.15) is 16.4 Å². The molecule has 3 heterocycles. The molecule has 142 valence electrons. The van der Waals surface area contributed by atoms with E-state index < -0.39 is 0 Å². The van der Waals surface area contributed by atoms with Gasteiger partial charge in [-0.2, -0.15) is 0 Å².